The van der Waals surface area contributed by atoms with E-state index in [0.29, 0.717) is 25.8 Å². The Morgan fingerprint density at radius 1 is 0.793 bits per heavy atom. The molecule has 0 heterocycles. The third-order valence-electron chi connectivity index (χ3n) is 4.47. The largest absolute Gasteiger partial charge is 0.480 e. The highest BCUT2D eigenvalue weighted by atomic mass is 16.4. The van der Waals surface area contributed by atoms with E-state index in [1.165, 1.54) is 6.92 Å². The van der Waals surface area contributed by atoms with Crippen molar-refractivity contribution in [3.8, 4) is 0 Å². The Balaban J connectivity index is 5.36. The van der Waals surface area contributed by atoms with Crippen LogP contribution in [0.2, 0.25) is 0 Å². The topological polar surface area (TPSA) is 177 Å². The maximum atomic E-state index is 12.8. The van der Waals surface area contributed by atoms with Gasteiger partial charge in [-0.15, -0.1) is 0 Å². The van der Waals surface area contributed by atoms with Crippen LogP contribution >= 0.6 is 0 Å². The zero-order valence-corrected chi connectivity index (χ0v) is 18.0. The number of hydrogen-bond donors (Lipinski definition) is 6. The maximum Gasteiger partial charge on any atom is 0.326 e. The number of carbonyl (C=O) groups is 4. The zero-order valence-electron chi connectivity index (χ0n) is 18.0. The van der Waals surface area contributed by atoms with E-state index in [1.807, 2.05) is 0 Å². The van der Waals surface area contributed by atoms with Gasteiger partial charge in [-0.25, -0.2) is 4.79 Å². The van der Waals surface area contributed by atoms with Gasteiger partial charge in [-0.3, -0.25) is 14.4 Å². The lowest BCUT2D eigenvalue weighted by atomic mass is 10.0. The summed E-state index contributed by atoms with van der Waals surface area (Å²) in [6.07, 6.45) is 1.53. The molecule has 10 heteroatoms. The summed E-state index contributed by atoms with van der Waals surface area (Å²) in [4.78, 5) is 48.7. The highest BCUT2D eigenvalue weighted by Gasteiger charge is 2.31. The van der Waals surface area contributed by atoms with E-state index < -0.39 is 47.9 Å². The maximum absolute atomic E-state index is 12.8. The molecular formula is C19H37N5O5. The van der Waals surface area contributed by atoms with Crippen LogP contribution < -0.4 is 27.4 Å². The Morgan fingerprint density at radius 2 is 1.31 bits per heavy atom. The molecule has 0 saturated heterocycles. The van der Waals surface area contributed by atoms with Crippen molar-refractivity contribution in [3.05, 3.63) is 0 Å². The van der Waals surface area contributed by atoms with Crippen LogP contribution in [0, 0.1) is 11.8 Å². The number of aliphatic carboxylic acids is 1. The van der Waals surface area contributed by atoms with E-state index in [1.54, 1.807) is 27.7 Å². The van der Waals surface area contributed by atoms with Crippen molar-refractivity contribution >= 4 is 23.7 Å². The number of carbonyl (C=O) groups excluding carboxylic acids is 3. The number of carboxylic acids is 1. The third kappa shape index (κ3) is 9.71. The average molecular weight is 416 g/mol. The van der Waals surface area contributed by atoms with Crippen LogP contribution in [0.25, 0.3) is 0 Å². The van der Waals surface area contributed by atoms with Crippen molar-refractivity contribution in [2.45, 2.75) is 78.0 Å². The summed E-state index contributed by atoms with van der Waals surface area (Å²) in [7, 11) is 0. The van der Waals surface area contributed by atoms with Crippen molar-refractivity contribution < 1.29 is 24.3 Å². The van der Waals surface area contributed by atoms with Crippen molar-refractivity contribution in [1.82, 2.24) is 16.0 Å². The van der Waals surface area contributed by atoms with E-state index in [0.717, 1.165) is 0 Å². The average Bonchev–Trinajstić information content (AvgIpc) is 2.61. The third-order valence-corrected chi connectivity index (χ3v) is 4.47. The molecule has 0 aliphatic heterocycles. The number of nitrogens with two attached hydrogens (primary N) is 2. The second kappa shape index (κ2) is 13.1. The molecule has 3 amide bonds. The van der Waals surface area contributed by atoms with Crippen LogP contribution in [-0.4, -0.2) is 59.5 Å². The molecule has 4 atom stereocenters. The van der Waals surface area contributed by atoms with E-state index in [4.69, 9.17) is 11.5 Å². The minimum absolute atomic E-state index is 0.243. The first-order valence-electron chi connectivity index (χ1n) is 10.0. The van der Waals surface area contributed by atoms with Gasteiger partial charge in [-0.1, -0.05) is 27.7 Å². The highest BCUT2D eigenvalue weighted by Crippen LogP contribution is 2.08. The van der Waals surface area contributed by atoms with Gasteiger partial charge in [0.15, 0.2) is 0 Å². The summed E-state index contributed by atoms with van der Waals surface area (Å²) in [5, 5.41) is 17.0. The first kappa shape index (κ1) is 26.8. The number of amides is 3. The molecule has 0 aromatic heterocycles. The lowest BCUT2D eigenvalue weighted by Gasteiger charge is -2.27. The predicted octanol–water partition coefficient (Wildman–Crippen LogP) is -0.686. The second-order valence-corrected chi connectivity index (χ2v) is 7.93. The van der Waals surface area contributed by atoms with E-state index in [9.17, 15) is 24.3 Å². The summed E-state index contributed by atoms with van der Waals surface area (Å²) in [6, 6.07) is -3.67. The fourth-order valence-corrected chi connectivity index (χ4v) is 2.61. The minimum Gasteiger partial charge on any atom is -0.480 e. The van der Waals surface area contributed by atoms with Crippen LogP contribution in [-0.2, 0) is 19.2 Å². The van der Waals surface area contributed by atoms with Crippen molar-refractivity contribution in [3.63, 3.8) is 0 Å². The molecule has 0 aliphatic rings. The molecule has 0 aromatic rings. The van der Waals surface area contributed by atoms with Gasteiger partial charge in [0.05, 0.1) is 6.04 Å². The van der Waals surface area contributed by atoms with Gasteiger partial charge < -0.3 is 32.5 Å². The fourth-order valence-electron chi connectivity index (χ4n) is 2.61. The van der Waals surface area contributed by atoms with Crippen LogP contribution in [0.5, 0.6) is 0 Å². The summed E-state index contributed by atoms with van der Waals surface area (Å²) in [5.74, 6) is -3.31. The van der Waals surface area contributed by atoms with Crippen LogP contribution in [0.3, 0.4) is 0 Å². The molecule has 0 bridgehead atoms. The Bertz CT molecular complexity index is 565. The first-order chi connectivity index (χ1) is 13.4. The van der Waals surface area contributed by atoms with Gasteiger partial charge >= 0.3 is 5.97 Å². The van der Waals surface area contributed by atoms with Gasteiger partial charge in [0, 0.05) is 0 Å². The van der Waals surface area contributed by atoms with Gasteiger partial charge in [0.1, 0.15) is 18.1 Å². The molecule has 8 N–H and O–H groups in total. The van der Waals surface area contributed by atoms with E-state index >= 15 is 0 Å². The molecule has 10 nitrogen and oxygen atoms in total. The van der Waals surface area contributed by atoms with Crippen LogP contribution in [0.15, 0.2) is 0 Å². The first-order valence-corrected chi connectivity index (χ1v) is 10.0. The van der Waals surface area contributed by atoms with Gasteiger partial charge in [-0.05, 0) is 44.6 Å². The summed E-state index contributed by atoms with van der Waals surface area (Å²) in [6.45, 7) is 8.82. The molecule has 0 spiro atoms. The molecule has 0 fully saturated rings. The molecule has 4 unspecified atom stereocenters. The van der Waals surface area contributed by atoms with E-state index in [-0.39, 0.29) is 11.8 Å². The molecule has 0 aliphatic carbocycles. The summed E-state index contributed by atoms with van der Waals surface area (Å²) < 4.78 is 0. The Morgan fingerprint density at radius 3 is 1.72 bits per heavy atom. The zero-order chi connectivity index (χ0) is 22.7. The number of hydrogen-bond acceptors (Lipinski definition) is 6. The van der Waals surface area contributed by atoms with Crippen molar-refractivity contribution in [2.24, 2.45) is 23.3 Å². The number of nitrogens with one attached hydrogen (secondary N) is 3. The normalized spacial score (nSPS) is 15.3. The Hall–Kier alpha value is -2.20. The molecule has 29 heavy (non-hydrogen) atoms. The molecule has 0 rings (SSSR count). The smallest absolute Gasteiger partial charge is 0.326 e. The van der Waals surface area contributed by atoms with E-state index in [2.05, 4.69) is 16.0 Å². The summed E-state index contributed by atoms with van der Waals surface area (Å²) in [5.41, 5.74) is 11.0. The molecular weight excluding hydrogens is 378 g/mol. The fraction of sp³-hybridized carbons (Fsp3) is 0.789. The monoisotopic (exact) mass is 415 g/mol. The van der Waals surface area contributed by atoms with Crippen molar-refractivity contribution in [1.29, 1.82) is 0 Å². The molecule has 0 aromatic carbocycles. The number of carboxylic acid groups (broad SMARTS) is 1. The second-order valence-electron chi connectivity index (χ2n) is 7.93. The highest BCUT2D eigenvalue weighted by molar-refractivity contribution is 5.94. The minimum atomic E-state index is -1.15. The summed E-state index contributed by atoms with van der Waals surface area (Å²) >= 11 is 0. The standard InChI is InChI=1S/C19H37N5O5/c1-10(2)14(23-16(25)12(5)21)18(27)22-13(8-6-7-9-20)17(26)24-15(11(3)4)19(28)29/h10-15H,6-9,20-21H2,1-5H3,(H,22,27)(H,23,25)(H,24,26)(H,28,29). The lowest BCUT2D eigenvalue weighted by Crippen LogP contribution is -2.58. The van der Waals surface area contributed by atoms with Crippen LogP contribution in [0.4, 0.5) is 0 Å². The molecule has 168 valence electrons. The van der Waals surface area contributed by atoms with Crippen LogP contribution in [0.1, 0.15) is 53.9 Å². The Labute approximate surface area is 172 Å². The molecule has 0 radical (unpaired) electrons. The quantitative estimate of drug-likeness (QED) is 0.216. The lowest BCUT2D eigenvalue weighted by molar-refractivity contribution is -0.143. The molecule has 0 saturated carbocycles. The number of unbranched alkanes of at least 4 members (excludes halogenated alkanes) is 1. The van der Waals surface area contributed by atoms with Crippen molar-refractivity contribution in [2.75, 3.05) is 6.54 Å². The van der Waals surface area contributed by atoms with Gasteiger partial charge in [0.2, 0.25) is 17.7 Å². The van der Waals surface area contributed by atoms with Gasteiger partial charge in [0.25, 0.3) is 0 Å². The number of rotatable bonds is 13. The SMILES string of the molecule is CC(N)C(=O)NC(C(=O)NC(CCCCN)C(=O)NC(C(=O)O)C(C)C)C(C)C. The predicted molar refractivity (Wildman–Crippen MR) is 110 cm³/mol. The van der Waals surface area contributed by atoms with Gasteiger partial charge in [-0.2, -0.15) is 0 Å². The Kier molecular flexibility index (Phi) is 12.1.